The van der Waals surface area contributed by atoms with Gasteiger partial charge in [0.25, 0.3) is 0 Å². The summed E-state index contributed by atoms with van der Waals surface area (Å²) in [5, 5.41) is 40.0. The second-order valence-electron chi connectivity index (χ2n) is 20.5. The zero-order valence-corrected chi connectivity index (χ0v) is 44.1. The number of aliphatic hydroxyl groups excluding tert-OH is 3. The van der Waals surface area contributed by atoms with Crippen LogP contribution in [0.3, 0.4) is 0 Å². The molecule has 1 aliphatic rings. The highest BCUT2D eigenvalue weighted by Crippen LogP contribution is 2.24. The lowest BCUT2D eigenvalue weighted by molar-refractivity contribution is -0.298. The number of ether oxygens (including phenoxy) is 4. The van der Waals surface area contributed by atoms with Gasteiger partial charge in [-0.3, -0.25) is 9.59 Å². The molecule has 11 heteroatoms. The van der Waals surface area contributed by atoms with Crippen molar-refractivity contribution >= 4 is 17.9 Å². The van der Waals surface area contributed by atoms with Crippen LogP contribution in [0.4, 0.5) is 0 Å². The molecule has 4 N–H and O–H groups in total. The number of carbonyl (C=O) groups is 3. The average molecular weight is 969 g/mol. The van der Waals surface area contributed by atoms with Gasteiger partial charge in [0.05, 0.1) is 6.61 Å². The molecule has 1 fully saturated rings. The van der Waals surface area contributed by atoms with E-state index in [9.17, 15) is 34.8 Å². The largest absolute Gasteiger partial charge is 0.479 e. The minimum absolute atomic E-state index is 0.192. The van der Waals surface area contributed by atoms with Crippen molar-refractivity contribution in [2.75, 3.05) is 13.2 Å². The van der Waals surface area contributed by atoms with E-state index in [0.29, 0.717) is 12.8 Å². The second kappa shape index (κ2) is 47.5. The third-order valence-electron chi connectivity index (χ3n) is 14.0. The summed E-state index contributed by atoms with van der Waals surface area (Å²) in [7, 11) is 0. The van der Waals surface area contributed by atoms with Gasteiger partial charge in [-0.2, -0.15) is 0 Å². The Morgan fingerprint density at radius 1 is 0.397 bits per heavy atom. The van der Waals surface area contributed by atoms with Crippen LogP contribution in [-0.2, 0) is 33.3 Å². The van der Waals surface area contributed by atoms with E-state index in [1.807, 2.05) is 0 Å². The van der Waals surface area contributed by atoms with Crippen LogP contribution in [0.15, 0.2) is 0 Å². The molecule has 0 aromatic heterocycles. The van der Waals surface area contributed by atoms with Gasteiger partial charge in [0, 0.05) is 12.8 Å². The van der Waals surface area contributed by atoms with Gasteiger partial charge in [-0.15, -0.1) is 0 Å². The standard InChI is InChI=1S/C57H108O11/c1-3-5-7-9-11-13-15-17-19-21-23-24-25-26-28-29-31-33-35-37-39-41-43-45-50(58)65-47-49(48-66-57-54(62)52(60)53(61)55(68-57)56(63)64)67-51(59)46-44-42-40-38-36-34-32-30-27-22-20-18-16-14-12-10-8-6-4-2/h49,52-55,57,60-62H,3-48H2,1-2H3,(H,63,64). The van der Waals surface area contributed by atoms with E-state index in [4.69, 9.17) is 18.9 Å². The molecule has 0 radical (unpaired) electrons. The maximum atomic E-state index is 12.9. The summed E-state index contributed by atoms with van der Waals surface area (Å²) in [6, 6.07) is 0. The summed E-state index contributed by atoms with van der Waals surface area (Å²) in [6.45, 7) is 3.89. The highest BCUT2D eigenvalue weighted by atomic mass is 16.7. The van der Waals surface area contributed by atoms with Crippen molar-refractivity contribution in [2.24, 2.45) is 0 Å². The third kappa shape index (κ3) is 38.0. The van der Waals surface area contributed by atoms with Gasteiger partial charge in [-0.05, 0) is 12.8 Å². The lowest BCUT2D eigenvalue weighted by Crippen LogP contribution is -2.60. The minimum Gasteiger partial charge on any atom is -0.479 e. The first kappa shape index (κ1) is 64.2. The van der Waals surface area contributed by atoms with Crippen LogP contribution >= 0.6 is 0 Å². The highest BCUT2D eigenvalue weighted by molar-refractivity contribution is 5.73. The first-order valence-electron chi connectivity index (χ1n) is 29.1. The Kier molecular flexibility index (Phi) is 44.9. The molecule has 68 heavy (non-hydrogen) atoms. The molecule has 0 amide bonds. The second-order valence-corrected chi connectivity index (χ2v) is 20.5. The smallest absolute Gasteiger partial charge is 0.335 e. The van der Waals surface area contributed by atoms with Crippen molar-refractivity contribution in [3.05, 3.63) is 0 Å². The maximum absolute atomic E-state index is 12.9. The number of aliphatic carboxylic acids is 1. The Morgan fingerprint density at radius 3 is 1.00 bits per heavy atom. The Balaban J connectivity index is 2.21. The summed E-state index contributed by atoms with van der Waals surface area (Å²) >= 11 is 0. The monoisotopic (exact) mass is 969 g/mol. The molecule has 0 aliphatic carbocycles. The highest BCUT2D eigenvalue weighted by Gasteiger charge is 2.47. The Labute approximate surface area is 416 Å². The predicted octanol–water partition coefficient (Wildman–Crippen LogP) is 14.6. The lowest BCUT2D eigenvalue weighted by atomic mass is 9.99. The van der Waals surface area contributed by atoms with Crippen molar-refractivity contribution in [3.63, 3.8) is 0 Å². The first-order chi connectivity index (χ1) is 33.2. The molecule has 0 bridgehead atoms. The number of unbranched alkanes of at least 4 members (excludes halogenated alkanes) is 40. The number of carboxylic acids is 1. The summed E-state index contributed by atoms with van der Waals surface area (Å²) in [6.07, 6.45) is 44.5. The van der Waals surface area contributed by atoms with Gasteiger partial charge in [0.15, 0.2) is 18.5 Å². The molecular weight excluding hydrogens is 861 g/mol. The minimum atomic E-state index is -1.86. The zero-order chi connectivity index (χ0) is 49.6. The molecule has 6 unspecified atom stereocenters. The fourth-order valence-corrected chi connectivity index (χ4v) is 9.41. The van der Waals surface area contributed by atoms with E-state index >= 15 is 0 Å². The van der Waals surface area contributed by atoms with Crippen LogP contribution in [-0.4, -0.2) is 88.4 Å². The number of carbonyl (C=O) groups excluding carboxylic acids is 2. The van der Waals surface area contributed by atoms with E-state index in [1.165, 1.54) is 218 Å². The Hall–Kier alpha value is -1.79. The Morgan fingerprint density at radius 2 is 0.691 bits per heavy atom. The van der Waals surface area contributed by atoms with Crippen LogP contribution in [0.1, 0.15) is 296 Å². The van der Waals surface area contributed by atoms with Crippen molar-refractivity contribution in [3.8, 4) is 0 Å². The van der Waals surface area contributed by atoms with E-state index in [1.54, 1.807) is 0 Å². The molecule has 0 aromatic rings. The molecule has 6 atom stereocenters. The molecule has 1 rings (SSSR count). The SMILES string of the molecule is CCCCCCCCCCCCCCCCCCCCCCCCCC(=O)OCC(COC1OC(C(=O)O)C(O)C(O)C1O)OC(=O)CCCCCCCCCCCCCCCCCCCCC. The van der Waals surface area contributed by atoms with E-state index < -0.39 is 54.7 Å². The summed E-state index contributed by atoms with van der Waals surface area (Å²) < 4.78 is 21.9. The lowest BCUT2D eigenvalue weighted by Gasteiger charge is -2.38. The number of hydrogen-bond acceptors (Lipinski definition) is 10. The summed E-state index contributed by atoms with van der Waals surface area (Å²) in [5.74, 6) is -2.41. The van der Waals surface area contributed by atoms with Crippen molar-refractivity contribution in [2.45, 2.75) is 333 Å². The molecule has 1 heterocycles. The maximum Gasteiger partial charge on any atom is 0.335 e. The molecule has 1 aliphatic heterocycles. The molecule has 0 saturated carbocycles. The normalized spacial score (nSPS) is 18.8. The van der Waals surface area contributed by atoms with Gasteiger partial charge in [0.1, 0.15) is 24.9 Å². The predicted molar refractivity (Wildman–Crippen MR) is 276 cm³/mol. The molecule has 11 nitrogen and oxygen atoms in total. The van der Waals surface area contributed by atoms with E-state index in [-0.39, 0.29) is 26.1 Å². The zero-order valence-electron chi connectivity index (χ0n) is 44.1. The van der Waals surface area contributed by atoms with Gasteiger partial charge >= 0.3 is 17.9 Å². The van der Waals surface area contributed by atoms with Gasteiger partial charge < -0.3 is 39.4 Å². The van der Waals surface area contributed by atoms with Gasteiger partial charge in [-0.25, -0.2) is 4.79 Å². The van der Waals surface area contributed by atoms with Crippen LogP contribution in [0.5, 0.6) is 0 Å². The quantitative estimate of drug-likeness (QED) is 0.0338. The fourth-order valence-electron chi connectivity index (χ4n) is 9.41. The van der Waals surface area contributed by atoms with Crippen LogP contribution < -0.4 is 0 Å². The van der Waals surface area contributed by atoms with Crippen molar-refractivity contribution in [1.29, 1.82) is 0 Å². The van der Waals surface area contributed by atoms with Crippen LogP contribution in [0.25, 0.3) is 0 Å². The number of esters is 2. The van der Waals surface area contributed by atoms with Gasteiger partial charge in [-0.1, -0.05) is 271 Å². The number of hydrogen-bond donors (Lipinski definition) is 4. The molecule has 0 aromatic carbocycles. The van der Waals surface area contributed by atoms with E-state index in [0.717, 1.165) is 38.5 Å². The molecule has 402 valence electrons. The summed E-state index contributed by atoms with van der Waals surface area (Å²) in [4.78, 5) is 37.1. The molecule has 1 saturated heterocycles. The summed E-state index contributed by atoms with van der Waals surface area (Å²) in [5.41, 5.74) is 0. The number of carboxylic acid groups (broad SMARTS) is 1. The Bertz CT molecular complexity index is 1140. The number of aliphatic hydroxyl groups is 3. The van der Waals surface area contributed by atoms with E-state index in [2.05, 4.69) is 13.8 Å². The average Bonchev–Trinajstić information content (AvgIpc) is 3.32. The third-order valence-corrected chi connectivity index (χ3v) is 14.0. The first-order valence-corrected chi connectivity index (χ1v) is 29.1. The van der Waals surface area contributed by atoms with Crippen LogP contribution in [0, 0.1) is 0 Å². The van der Waals surface area contributed by atoms with Crippen LogP contribution in [0.2, 0.25) is 0 Å². The topological polar surface area (TPSA) is 169 Å². The fraction of sp³-hybridized carbons (Fsp3) is 0.947. The van der Waals surface area contributed by atoms with Crippen molar-refractivity contribution in [1.82, 2.24) is 0 Å². The number of rotatable bonds is 51. The van der Waals surface area contributed by atoms with Crippen molar-refractivity contribution < 1.29 is 53.8 Å². The van der Waals surface area contributed by atoms with Gasteiger partial charge in [0.2, 0.25) is 0 Å². The molecule has 0 spiro atoms. The molecular formula is C57H108O11.